The van der Waals surface area contributed by atoms with Gasteiger partial charge in [0.15, 0.2) is 0 Å². The van der Waals surface area contributed by atoms with E-state index in [1.807, 2.05) is 18.4 Å². The summed E-state index contributed by atoms with van der Waals surface area (Å²) in [6.07, 6.45) is 2.76. The first-order chi connectivity index (χ1) is 16.0. The molecule has 1 atom stereocenters. The fourth-order valence-electron chi connectivity index (χ4n) is 3.82. The van der Waals surface area contributed by atoms with Gasteiger partial charge in [-0.3, -0.25) is 0 Å². The summed E-state index contributed by atoms with van der Waals surface area (Å²) in [5, 5.41) is 14.1. The molecule has 5 rings (SSSR count). The van der Waals surface area contributed by atoms with Gasteiger partial charge in [-0.05, 0) is 18.6 Å². The summed E-state index contributed by atoms with van der Waals surface area (Å²) in [4.78, 5) is 19.8. The highest BCUT2D eigenvalue weighted by Gasteiger charge is 2.22. The SMILES string of the molecule is CCc1csc(C(O)c2cc(-c3ncnc4cc(N5CCOCC5)ncc34)c(F)cc2Cl)n1. The first-order valence-electron chi connectivity index (χ1n) is 10.6. The van der Waals surface area contributed by atoms with Gasteiger partial charge in [0.2, 0.25) is 0 Å². The Morgan fingerprint density at radius 1 is 1.21 bits per heavy atom. The molecule has 0 radical (unpaired) electrons. The lowest BCUT2D eigenvalue weighted by molar-refractivity contribution is 0.122. The third-order valence-corrected chi connectivity index (χ3v) is 6.92. The number of aromatic nitrogens is 4. The van der Waals surface area contributed by atoms with Crippen LogP contribution >= 0.6 is 22.9 Å². The van der Waals surface area contributed by atoms with E-state index in [2.05, 4.69) is 24.8 Å². The Kier molecular flexibility index (Phi) is 6.20. The van der Waals surface area contributed by atoms with Crippen LogP contribution in [-0.2, 0) is 11.2 Å². The molecule has 10 heteroatoms. The van der Waals surface area contributed by atoms with Crippen molar-refractivity contribution in [3.05, 3.63) is 63.2 Å². The Balaban J connectivity index is 1.57. The first-order valence-corrected chi connectivity index (χ1v) is 11.9. The molecule has 0 aliphatic carbocycles. The maximum absolute atomic E-state index is 15.1. The number of halogens is 2. The Labute approximate surface area is 198 Å². The number of morpholine rings is 1. The minimum atomic E-state index is -1.07. The molecule has 7 nitrogen and oxygen atoms in total. The third kappa shape index (κ3) is 4.29. The number of benzene rings is 1. The zero-order valence-electron chi connectivity index (χ0n) is 17.8. The molecule has 0 spiro atoms. The van der Waals surface area contributed by atoms with Gasteiger partial charge in [0, 0.05) is 52.3 Å². The Morgan fingerprint density at radius 3 is 2.79 bits per heavy atom. The maximum Gasteiger partial charge on any atom is 0.134 e. The van der Waals surface area contributed by atoms with Crippen LogP contribution in [0.15, 0.2) is 36.1 Å². The van der Waals surface area contributed by atoms with Crippen molar-refractivity contribution in [2.75, 3.05) is 31.2 Å². The largest absolute Gasteiger partial charge is 0.381 e. The number of pyridine rings is 1. The van der Waals surface area contributed by atoms with Crippen LogP contribution in [0.4, 0.5) is 10.2 Å². The number of hydrogen-bond acceptors (Lipinski definition) is 8. The number of nitrogens with zero attached hydrogens (tertiary/aromatic N) is 5. The topological polar surface area (TPSA) is 84.3 Å². The standard InChI is InChI=1S/C23H21ClFN5O2S/c1-2-13-11-33-23(29-13)22(31)14-7-15(18(25)8-17(14)24)21-16-10-26-20(9-19(16)27-12-28-21)30-3-5-32-6-4-30/h7-12,22,31H,2-6H2,1H3. The number of hydrogen-bond donors (Lipinski definition) is 1. The second kappa shape index (κ2) is 9.26. The molecule has 3 aromatic heterocycles. The Morgan fingerprint density at radius 2 is 2.03 bits per heavy atom. The van der Waals surface area contributed by atoms with E-state index in [9.17, 15) is 5.11 Å². The number of thiazole rings is 1. The number of aryl methyl sites for hydroxylation is 1. The van der Waals surface area contributed by atoms with Crippen LogP contribution in [0.1, 0.15) is 29.3 Å². The second-order valence-corrected chi connectivity index (χ2v) is 8.96. The molecular formula is C23H21ClFN5O2S. The number of anilines is 1. The van der Waals surface area contributed by atoms with Gasteiger partial charge in [-0.2, -0.15) is 0 Å². The molecular weight excluding hydrogens is 465 g/mol. The molecule has 0 bridgehead atoms. The third-order valence-electron chi connectivity index (χ3n) is 5.64. The molecule has 1 aliphatic rings. The van der Waals surface area contributed by atoms with Crippen molar-refractivity contribution in [3.8, 4) is 11.3 Å². The maximum atomic E-state index is 15.1. The molecule has 1 fully saturated rings. The van der Waals surface area contributed by atoms with E-state index in [1.54, 1.807) is 6.20 Å². The van der Waals surface area contributed by atoms with Crippen molar-refractivity contribution in [1.82, 2.24) is 19.9 Å². The lowest BCUT2D eigenvalue weighted by Crippen LogP contribution is -2.36. The van der Waals surface area contributed by atoms with Crippen LogP contribution in [0, 0.1) is 5.82 Å². The van der Waals surface area contributed by atoms with Crippen LogP contribution in [0.2, 0.25) is 5.02 Å². The summed E-state index contributed by atoms with van der Waals surface area (Å²) in [6, 6.07) is 4.61. The average Bonchev–Trinajstić information content (AvgIpc) is 3.33. The summed E-state index contributed by atoms with van der Waals surface area (Å²) in [5.74, 6) is 0.250. The van der Waals surface area contributed by atoms with Gasteiger partial charge in [0.1, 0.15) is 29.1 Å². The van der Waals surface area contributed by atoms with Crippen LogP contribution in [0.3, 0.4) is 0 Å². The lowest BCUT2D eigenvalue weighted by Gasteiger charge is -2.27. The van der Waals surface area contributed by atoms with Crippen molar-refractivity contribution in [1.29, 1.82) is 0 Å². The highest BCUT2D eigenvalue weighted by atomic mass is 35.5. The van der Waals surface area contributed by atoms with Crippen LogP contribution in [0.5, 0.6) is 0 Å². The van der Waals surface area contributed by atoms with Gasteiger partial charge in [-0.25, -0.2) is 24.3 Å². The average molecular weight is 486 g/mol. The smallest absolute Gasteiger partial charge is 0.134 e. The molecule has 0 saturated carbocycles. The summed E-state index contributed by atoms with van der Waals surface area (Å²) in [5.41, 5.74) is 2.51. The van der Waals surface area contributed by atoms with E-state index < -0.39 is 11.9 Å². The molecule has 4 heterocycles. The molecule has 170 valence electrons. The molecule has 1 N–H and O–H groups in total. The van der Waals surface area contributed by atoms with Crippen LogP contribution in [-0.4, -0.2) is 51.3 Å². The predicted octanol–water partition coefficient (Wildman–Crippen LogP) is 4.42. The number of rotatable bonds is 5. The molecule has 1 saturated heterocycles. The number of fused-ring (bicyclic) bond motifs is 1. The number of aliphatic hydroxyl groups is 1. The van der Waals surface area contributed by atoms with E-state index in [4.69, 9.17) is 16.3 Å². The van der Waals surface area contributed by atoms with Crippen LogP contribution < -0.4 is 4.90 Å². The quantitative estimate of drug-likeness (QED) is 0.448. The summed E-state index contributed by atoms with van der Waals surface area (Å²) in [7, 11) is 0. The minimum absolute atomic E-state index is 0.128. The number of ether oxygens (including phenoxy) is 1. The minimum Gasteiger partial charge on any atom is -0.381 e. The van der Waals surface area contributed by atoms with Crippen LogP contribution in [0.25, 0.3) is 22.2 Å². The summed E-state index contributed by atoms with van der Waals surface area (Å²) >= 11 is 7.66. The molecule has 33 heavy (non-hydrogen) atoms. The van der Waals surface area contributed by atoms with E-state index in [0.29, 0.717) is 40.4 Å². The molecule has 0 amide bonds. The monoisotopic (exact) mass is 485 g/mol. The first kappa shape index (κ1) is 22.1. The summed E-state index contributed by atoms with van der Waals surface area (Å²) < 4.78 is 20.5. The van der Waals surface area contributed by atoms with Gasteiger partial charge < -0.3 is 14.7 Å². The van der Waals surface area contributed by atoms with E-state index >= 15 is 4.39 Å². The molecule has 4 aromatic rings. The van der Waals surface area contributed by atoms with Gasteiger partial charge in [0.25, 0.3) is 0 Å². The lowest BCUT2D eigenvalue weighted by atomic mass is 10.0. The van der Waals surface area contributed by atoms with E-state index in [1.165, 1.54) is 29.8 Å². The summed E-state index contributed by atoms with van der Waals surface area (Å²) in [6.45, 7) is 4.79. The Hall–Kier alpha value is -2.72. The molecule has 1 aliphatic heterocycles. The van der Waals surface area contributed by atoms with Crippen molar-refractivity contribution in [3.63, 3.8) is 0 Å². The van der Waals surface area contributed by atoms with Crippen molar-refractivity contribution >= 4 is 39.7 Å². The van der Waals surface area contributed by atoms with E-state index in [0.717, 1.165) is 31.0 Å². The normalized spacial score (nSPS) is 15.2. The van der Waals surface area contributed by atoms with Crippen molar-refractivity contribution < 1.29 is 14.2 Å². The van der Waals surface area contributed by atoms with Gasteiger partial charge in [0.05, 0.1) is 30.1 Å². The highest BCUT2D eigenvalue weighted by Crippen LogP contribution is 2.36. The Bertz CT molecular complexity index is 1310. The fourth-order valence-corrected chi connectivity index (χ4v) is 4.98. The van der Waals surface area contributed by atoms with Crippen molar-refractivity contribution in [2.24, 2.45) is 0 Å². The molecule has 1 aromatic carbocycles. The van der Waals surface area contributed by atoms with Crippen molar-refractivity contribution in [2.45, 2.75) is 19.4 Å². The predicted molar refractivity (Wildman–Crippen MR) is 126 cm³/mol. The molecule has 1 unspecified atom stereocenters. The zero-order chi connectivity index (χ0) is 22.9. The second-order valence-electron chi connectivity index (χ2n) is 7.67. The van der Waals surface area contributed by atoms with Gasteiger partial charge in [-0.15, -0.1) is 11.3 Å². The number of aliphatic hydroxyl groups excluding tert-OH is 1. The zero-order valence-corrected chi connectivity index (χ0v) is 19.4. The highest BCUT2D eigenvalue weighted by molar-refractivity contribution is 7.09. The van der Waals surface area contributed by atoms with Gasteiger partial charge >= 0.3 is 0 Å². The van der Waals surface area contributed by atoms with Gasteiger partial charge in [-0.1, -0.05) is 18.5 Å². The van der Waals surface area contributed by atoms with E-state index in [-0.39, 0.29) is 10.6 Å². The fraction of sp³-hybridized carbons (Fsp3) is 0.304.